The van der Waals surface area contributed by atoms with Gasteiger partial charge in [0.1, 0.15) is 5.75 Å². The average Bonchev–Trinajstić information content (AvgIpc) is 3.16. The van der Waals surface area contributed by atoms with Crippen molar-refractivity contribution in [1.29, 1.82) is 0 Å². The number of aromatic nitrogens is 3. The summed E-state index contributed by atoms with van der Waals surface area (Å²) in [4.78, 5) is 16.6. The van der Waals surface area contributed by atoms with E-state index in [0.29, 0.717) is 15.6 Å². The van der Waals surface area contributed by atoms with E-state index in [1.165, 1.54) is 18.2 Å². The molecule has 2 aromatic carbocycles. The van der Waals surface area contributed by atoms with Gasteiger partial charge in [0.15, 0.2) is 10.8 Å². The van der Waals surface area contributed by atoms with E-state index in [1.54, 1.807) is 18.2 Å². The van der Waals surface area contributed by atoms with E-state index in [9.17, 15) is 18.0 Å². The highest BCUT2D eigenvalue weighted by atomic mass is 32.1. The largest absolute Gasteiger partial charge is 0.573 e. The van der Waals surface area contributed by atoms with Crippen LogP contribution in [0.3, 0.4) is 0 Å². The van der Waals surface area contributed by atoms with E-state index < -0.39 is 12.3 Å². The van der Waals surface area contributed by atoms with Crippen LogP contribution in [0.15, 0.2) is 42.5 Å². The molecule has 0 spiro atoms. The lowest BCUT2D eigenvalue weighted by atomic mass is 10.2. The normalized spacial score (nSPS) is 11.8. The van der Waals surface area contributed by atoms with Gasteiger partial charge < -0.3 is 4.74 Å². The summed E-state index contributed by atoms with van der Waals surface area (Å²) in [6, 6.07) is 10.9. The number of alkyl halides is 3. The number of thiazole rings is 1. The van der Waals surface area contributed by atoms with Gasteiger partial charge in [-0.3, -0.25) is 15.2 Å². The molecule has 0 unspecified atom stereocenters. The lowest BCUT2D eigenvalue weighted by Gasteiger charge is -2.07. The van der Waals surface area contributed by atoms with Gasteiger partial charge >= 0.3 is 6.36 Å². The van der Waals surface area contributed by atoms with Crippen LogP contribution < -0.4 is 10.1 Å². The van der Waals surface area contributed by atoms with Crippen molar-refractivity contribution >= 4 is 43.5 Å². The number of aromatic amines is 1. The fourth-order valence-electron chi connectivity index (χ4n) is 2.45. The van der Waals surface area contributed by atoms with Gasteiger partial charge in [0.25, 0.3) is 5.91 Å². The Hall–Kier alpha value is -3.14. The molecule has 0 saturated heterocycles. The van der Waals surface area contributed by atoms with Gasteiger partial charge in [0.2, 0.25) is 0 Å². The van der Waals surface area contributed by atoms with Crippen molar-refractivity contribution in [2.24, 2.45) is 0 Å². The summed E-state index contributed by atoms with van der Waals surface area (Å²) in [6.07, 6.45) is -4.77. The molecule has 0 bridgehead atoms. The Morgan fingerprint density at radius 3 is 2.81 bits per heavy atom. The first-order valence-electron chi connectivity index (χ1n) is 7.30. The zero-order valence-electron chi connectivity index (χ0n) is 12.8. The van der Waals surface area contributed by atoms with Crippen LogP contribution in [-0.4, -0.2) is 27.5 Å². The van der Waals surface area contributed by atoms with Gasteiger partial charge in [-0.05, 0) is 18.2 Å². The maximum Gasteiger partial charge on any atom is 0.573 e. The average molecular weight is 378 g/mol. The molecule has 0 saturated carbocycles. The molecule has 1 amide bonds. The van der Waals surface area contributed by atoms with Crippen LogP contribution in [0.1, 0.15) is 10.5 Å². The highest BCUT2D eigenvalue weighted by molar-refractivity contribution is 7.22. The van der Waals surface area contributed by atoms with Crippen LogP contribution in [0, 0.1) is 0 Å². The molecule has 26 heavy (non-hydrogen) atoms. The number of hydrogen-bond donors (Lipinski definition) is 2. The molecule has 2 aromatic heterocycles. The monoisotopic (exact) mass is 378 g/mol. The summed E-state index contributed by atoms with van der Waals surface area (Å²) in [5.74, 6) is -0.807. The van der Waals surface area contributed by atoms with Crippen molar-refractivity contribution in [3.8, 4) is 5.75 Å². The third kappa shape index (κ3) is 3.18. The Morgan fingerprint density at radius 2 is 2.00 bits per heavy atom. The highest BCUT2D eigenvalue weighted by Gasteiger charge is 2.31. The fraction of sp³-hybridized carbons (Fsp3) is 0.0625. The van der Waals surface area contributed by atoms with Gasteiger partial charge in [-0.2, -0.15) is 5.10 Å². The lowest BCUT2D eigenvalue weighted by Crippen LogP contribution is -2.16. The summed E-state index contributed by atoms with van der Waals surface area (Å²) in [5.41, 5.74) is 1.38. The number of carbonyl (C=O) groups excluding carboxylic acids is 1. The van der Waals surface area contributed by atoms with Crippen LogP contribution in [0.25, 0.3) is 21.1 Å². The SMILES string of the molecule is O=C(Nc1nc2ccc(OC(F)(F)F)cc2s1)c1n[nH]c2ccccc12. The fourth-order valence-corrected chi connectivity index (χ4v) is 3.34. The highest BCUT2D eigenvalue weighted by Crippen LogP contribution is 2.32. The number of H-pyrrole nitrogens is 1. The molecular weight excluding hydrogens is 369 g/mol. The van der Waals surface area contributed by atoms with Crippen LogP contribution >= 0.6 is 11.3 Å². The summed E-state index contributed by atoms with van der Waals surface area (Å²) in [7, 11) is 0. The summed E-state index contributed by atoms with van der Waals surface area (Å²) in [5, 5.41) is 10.3. The number of halogens is 3. The van der Waals surface area contributed by atoms with E-state index in [4.69, 9.17) is 0 Å². The van der Waals surface area contributed by atoms with E-state index >= 15 is 0 Å². The number of ether oxygens (including phenoxy) is 1. The number of anilines is 1. The first-order valence-corrected chi connectivity index (χ1v) is 8.11. The number of nitrogens with one attached hydrogen (secondary N) is 2. The van der Waals surface area contributed by atoms with Gasteiger partial charge in [0, 0.05) is 11.5 Å². The smallest absolute Gasteiger partial charge is 0.406 e. The quantitative estimate of drug-likeness (QED) is 0.556. The third-order valence-corrected chi connectivity index (χ3v) is 4.43. The minimum Gasteiger partial charge on any atom is -0.406 e. The van der Waals surface area contributed by atoms with Crippen molar-refractivity contribution < 1.29 is 22.7 Å². The molecule has 0 aliphatic heterocycles. The number of amides is 1. The summed E-state index contributed by atoms with van der Waals surface area (Å²) in [6.45, 7) is 0. The van der Waals surface area contributed by atoms with Crippen molar-refractivity contribution in [2.45, 2.75) is 6.36 Å². The maximum atomic E-state index is 12.4. The minimum absolute atomic E-state index is 0.209. The number of carbonyl (C=O) groups is 1. The summed E-state index contributed by atoms with van der Waals surface area (Å²) < 4.78 is 41.2. The van der Waals surface area contributed by atoms with Crippen LogP contribution in [0.5, 0.6) is 5.75 Å². The predicted octanol–water partition coefficient (Wildman–Crippen LogP) is 4.32. The molecule has 0 aliphatic rings. The molecule has 10 heteroatoms. The molecule has 132 valence electrons. The number of fused-ring (bicyclic) bond motifs is 2. The number of hydrogen-bond acceptors (Lipinski definition) is 5. The zero-order chi connectivity index (χ0) is 18.3. The molecule has 4 aromatic rings. The molecule has 0 radical (unpaired) electrons. The number of nitrogens with zero attached hydrogens (tertiary/aromatic N) is 2. The van der Waals surface area contributed by atoms with Gasteiger partial charge in [-0.25, -0.2) is 4.98 Å². The Morgan fingerprint density at radius 1 is 1.19 bits per heavy atom. The van der Waals surface area contributed by atoms with Gasteiger partial charge in [-0.15, -0.1) is 13.2 Å². The maximum absolute atomic E-state index is 12.4. The molecule has 4 rings (SSSR count). The Bertz CT molecular complexity index is 1120. The van der Waals surface area contributed by atoms with E-state index in [1.807, 2.05) is 6.07 Å². The topological polar surface area (TPSA) is 79.9 Å². The standard InChI is InChI=1S/C16H9F3N4O2S/c17-16(18,19)25-8-5-6-11-12(7-8)26-15(20-11)21-14(24)13-9-3-1-2-4-10(9)22-23-13/h1-7H,(H,22,23)(H,20,21,24). The molecule has 0 aliphatic carbocycles. The Labute approximate surface area is 147 Å². The first-order chi connectivity index (χ1) is 12.4. The molecule has 6 nitrogen and oxygen atoms in total. The molecule has 2 N–H and O–H groups in total. The molecule has 0 atom stereocenters. The van der Waals surface area contributed by atoms with Gasteiger partial charge in [0.05, 0.1) is 15.7 Å². The number of benzene rings is 2. The van der Waals surface area contributed by atoms with Crippen LogP contribution in [-0.2, 0) is 0 Å². The first kappa shape index (κ1) is 16.3. The van der Waals surface area contributed by atoms with E-state index in [-0.39, 0.29) is 16.6 Å². The van der Waals surface area contributed by atoms with Crippen molar-refractivity contribution in [2.75, 3.05) is 5.32 Å². The molecule has 2 heterocycles. The summed E-state index contributed by atoms with van der Waals surface area (Å²) >= 11 is 1.04. The predicted molar refractivity (Wildman–Crippen MR) is 90.3 cm³/mol. The minimum atomic E-state index is -4.77. The Balaban J connectivity index is 1.60. The Kier molecular flexibility index (Phi) is 3.76. The molecular formula is C16H9F3N4O2S. The number of para-hydroxylation sites is 1. The molecule has 0 fully saturated rings. The second-order valence-electron chi connectivity index (χ2n) is 5.27. The second kappa shape index (κ2) is 5.99. The number of rotatable bonds is 3. The van der Waals surface area contributed by atoms with Crippen LogP contribution in [0.4, 0.5) is 18.3 Å². The second-order valence-corrected chi connectivity index (χ2v) is 6.30. The van der Waals surface area contributed by atoms with Crippen molar-refractivity contribution in [3.63, 3.8) is 0 Å². The van der Waals surface area contributed by atoms with E-state index in [0.717, 1.165) is 16.9 Å². The van der Waals surface area contributed by atoms with Crippen molar-refractivity contribution in [3.05, 3.63) is 48.2 Å². The van der Waals surface area contributed by atoms with E-state index in [2.05, 4.69) is 25.2 Å². The lowest BCUT2D eigenvalue weighted by molar-refractivity contribution is -0.274. The van der Waals surface area contributed by atoms with Crippen molar-refractivity contribution in [1.82, 2.24) is 15.2 Å². The van der Waals surface area contributed by atoms with Gasteiger partial charge in [-0.1, -0.05) is 29.5 Å². The van der Waals surface area contributed by atoms with Crippen LogP contribution in [0.2, 0.25) is 0 Å². The zero-order valence-corrected chi connectivity index (χ0v) is 13.6. The third-order valence-electron chi connectivity index (χ3n) is 3.50.